The minimum Gasteiger partial charge on any atom is -0.497 e. The number of aromatic nitrogens is 2. The molecule has 1 aliphatic heterocycles. The number of benzene rings is 4. The monoisotopic (exact) mass is 605 g/mol. The Labute approximate surface area is 258 Å². The Kier molecular flexibility index (Phi) is 7.13. The molecular weight excluding hydrogens is 578 g/mol. The second-order valence-electron chi connectivity index (χ2n) is 10.4. The number of H-pyrrole nitrogens is 1. The molecule has 6 aromatic rings. The van der Waals surface area contributed by atoms with Crippen molar-refractivity contribution in [3.05, 3.63) is 130 Å². The molecule has 43 heavy (non-hydrogen) atoms. The highest BCUT2D eigenvalue weighted by molar-refractivity contribution is 7.19. The van der Waals surface area contributed by atoms with E-state index in [1.165, 1.54) is 5.56 Å². The van der Waals surface area contributed by atoms with E-state index in [2.05, 4.69) is 22.0 Å². The average Bonchev–Trinajstić information content (AvgIpc) is 3.66. The van der Waals surface area contributed by atoms with Crippen LogP contribution in [0.25, 0.3) is 21.3 Å². The van der Waals surface area contributed by atoms with Gasteiger partial charge in [0.1, 0.15) is 17.2 Å². The van der Waals surface area contributed by atoms with Gasteiger partial charge >= 0.3 is 0 Å². The molecule has 0 saturated carbocycles. The first kappa shape index (κ1) is 27.3. The van der Waals surface area contributed by atoms with Crippen molar-refractivity contribution in [2.45, 2.75) is 12.5 Å². The molecule has 6 nitrogen and oxygen atoms in total. The molecule has 0 amide bonds. The lowest BCUT2D eigenvalue weighted by molar-refractivity contribution is 0.103. The third-order valence-electron chi connectivity index (χ3n) is 7.99. The zero-order valence-electron chi connectivity index (χ0n) is 23.6. The first-order valence-electron chi connectivity index (χ1n) is 14.0. The summed E-state index contributed by atoms with van der Waals surface area (Å²) in [6, 6.07) is 31.2. The van der Waals surface area contributed by atoms with Crippen molar-refractivity contribution in [1.82, 2.24) is 9.97 Å². The molecule has 1 aliphatic rings. The topological polar surface area (TPSA) is 67.5 Å². The minimum absolute atomic E-state index is 0.122. The van der Waals surface area contributed by atoms with E-state index >= 15 is 0 Å². The van der Waals surface area contributed by atoms with Crippen LogP contribution in [0.3, 0.4) is 0 Å². The number of methoxy groups -OCH3 is 2. The maximum Gasteiger partial charge on any atom is 0.212 e. The fraction of sp³-hybridized carbons (Fsp3) is 0.143. The smallest absolute Gasteiger partial charge is 0.212 e. The van der Waals surface area contributed by atoms with Crippen LogP contribution in [0.4, 0.5) is 5.13 Å². The van der Waals surface area contributed by atoms with Crippen LogP contribution in [-0.2, 0) is 6.42 Å². The van der Waals surface area contributed by atoms with Crippen LogP contribution in [0.5, 0.6) is 11.5 Å². The van der Waals surface area contributed by atoms with E-state index in [1.807, 2.05) is 60.7 Å². The van der Waals surface area contributed by atoms with Crippen molar-refractivity contribution in [2.75, 3.05) is 25.7 Å². The van der Waals surface area contributed by atoms with E-state index in [0.29, 0.717) is 22.0 Å². The number of carbonyl (C=O) groups excluding carboxylic acids is 1. The third-order valence-corrected chi connectivity index (χ3v) is 9.36. The highest BCUT2D eigenvalue weighted by Gasteiger charge is 2.35. The van der Waals surface area contributed by atoms with Crippen molar-refractivity contribution >= 4 is 44.8 Å². The van der Waals surface area contributed by atoms with Gasteiger partial charge in [-0.3, -0.25) is 4.79 Å². The Bertz CT molecular complexity index is 1930. The van der Waals surface area contributed by atoms with Gasteiger partial charge in [-0.15, -0.1) is 0 Å². The molecule has 2 aromatic heterocycles. The van der Waals surface area contributed by atoms with Gasteiger partial charge in [0.2, 0.25) is 5.78 Å². The van der Waals surface area contributed by atoms with E-state index in [1.54, 1.807) is 49.8 Å². The maximum atomic E-state index is 14.0. The summed E-state index contributed by atoms with van der Waals surface area (Å²) in [7, 11) is 3.28. The van der Waals surface area contributed by atoms with Crippen LogP contribution < -0.4 is 14.4 Å². The summed E-state index contributed by atoms with van der Waals surface area (Å²) in [5, 5.41) is 2.64. The van der Waals surface area contributed by atoms with Crippen LogP contribution in [0, 0.1) is 0 Å². The Morgan fingerprint density at radius 3 is 2.33 bits per heavy atom. The van der Waals surface area contributed by atoms with Gasteiger partial charge in [0, 0.05) is 33.7 Å². The van der Waals surface area contributed by atoms with Crippen molar-refractivity contribution in [2.24, 2.45) is 0 Å². The Morgan fingerprint density at radius 2 is 1.63 bits per heavy atom. The van der Waals surface area contributed by atoms with Crippen LogP contribution >= 0.6 is 22.9 Å². The van der Waals surface area contributed by atoms with Gasteiger partial charge in [-0.1, -0.05) is 65.4 Å². The lowest BCUT2D eigenvalue weighted by Gasteiger charge is -2.36. The SMILES string of the molecule is COc1ccc(C(=O)c2nc(N3CCc4c([nH]c5ccc(Cl)cc45)C3c3ccc(OC)cc3)sc2-c2ccccc2)cc1. The van der Waals surface area contributed by atoms with Crippen LogP contribution in [-0.4, -0.2) is 36.5 Å². The molecule has 1 unspecified atom stereocenters. The number of hydrogen-bond donors (Lipinski definition) is 1. The van der Waals surface area contributed by atoms with Crippen molar-refractivity contribution in [3.63, 3.8) is 0 Å². The number of fused-ring (bicyclic) bond motifs is 3. The normalized spacial score (nSPS) is 14.5. The van der Waals surface area contributed by atoms with E-state index in [0.717, 1.165) is 56.4 Å². The zero-order valence-corrected chi connectivity index (χ0v) is 25.2. The van der Waals surface area contributed by atoms with E-state index in [4.69, 9.17) is 26.1 Å². The molecule has 0 aliphatic carbocycles. The summed E-state index contributed by atoms with van der Waals surface area (Å²) in [4.78, 5) is 25.9. The number of nitrogens with one attached hydrogen (secondary N) is 1. The number of aromatic amines is 1. The van der Waals surface area contributed by atoms with Gasteiger partial charge in [-0.25, -0.2) is 4.98 Å². The molecule has 0 bridgehead atoms. The molecule has 0 radical (unpaired) electrons. The number of ketones is 1. The molecule has 8 heteroatoms. The number of ether oxygens (including phenoxy) is 2. The van der Waals surface area contributed by atoms with Crippen LogP contribution in [0.2, 0.25) is 5.02 Å². The number of nitrogens with zero attached hydrogens (tertiary/aromatic N) is 2. The minimum atomic E-state index is -0.153. The lowest BCUT2D eigenvalue weighted by Crippen LogP contribution is -2.36. The van der Waals surface area contributed by atoms with Crippen molar-refractivity contribution in [1.29, 1.82) is 0 Å². The first-order valence-corrected chi connectivity index (χ1v) is 15.2. The molecule has 4 aromatic carbocycles. The van der Waals surface area contributed by atoms with E-state index in [9.17, 15) is 4.79 Å². The zero-order chi connectivity index (χ0) is 29.5. The number of rotatable bonds is 7. The number of anilines is 1. The molecule has 1 N–H and O–H groups in total. The van der Waals surface area contributed by atoms with Gasteiger partial charge in [0.05, 0.1) is 25.1 Å². The highest BCUT2D eigenvalue weighted by atomic mass is 35.5. The second-order valence-corrected chi connectivity index (χ2v) is 11.8. The summed E-state index contributed by atoms with van der Waals surface area (Å²) in [6.45, 7) is 0.723. The number of carbonyl (C=O) groups is 1. The molecule has 0 saturated heterocycles. The summed E-state index contributed by atoms with van der Waals surface area (Å²) >= 11 is 7.97. The standard InChI is InChI=1S/C35H28ClN3O3S/c1-41-25-13-8-21(9-14-25)32-30-27(28-20-24(36)12-17-29(28)37-30)18-19-39(32)35-38-31(34(43-35)23-6-4-3-5-7-23)33(40)22-10-15-26(42-2)16-11-22/h3-17,20,32,37H,18-19H2,1-2H3. The maximum absolute atomic E-state index is 14.0. The van der Waals surface area contributed by atoms with E-state index < -0.39 is 0 Å². The number of hydrogen-bond acceptors (Lipinski definition) is 6. The second kappa shape index (κ2) is 11.2. The molecule has 214 valence electrons. The number of halogens is 1. The van der Waals surface area contributed by atoms with Crippen LogP contribution in [0.15, 0.2) is 97.1 Å². The molecule has 3 heterocycles. The van der Waals surface area contributed by atoms with Gasteiger partial charge in [0.15, 0.2) is 5.13 Å². The predicted octanol–water partition coefficient (Wildman–Crippen LogP) is 8.35. The van der Waals surface area contributed by atoms with Gasteiger partial charge in [0.25, 0.3) is 0 Å². The van der Waals surface area contributed by atoms with Gasteiger partial charge < -0.3 is 19.4 Å². The summed E-state index contributed by atoms with van der Waals surface area (Å²) in [5.74, 6) is 1.37. The Morgan fingerprint density at radius 1 is 0.930 bits per heavy atom. The van der Waals surface area contributed by atoms with Gasteiger partial charge in [-0.2, -0.15) is 0 Å². The first-order chi connectivity index (χ1) is 21.0. The molecular formula is C35H28ClN3O3S. The molecule has 1 atom stereocenters. The molecule has 7 rings (SSSR count). The third kappa shape index (κ3) is 4.94. The lowest BCUT2D eigenvalue weighted by atomic mass is 9.92. The Balaban J connectivity index is 1.38. The summed E-state index contributed by atoms with van der Waals surface area (Å²) in [6.07, 6.45) is 0.810. The van der Waals surface area contributed by atoms with Gasteiger partial charge in [-0.05, 0) is 77.7 Å². The average molecular weight is 606 g/mol. The Hall–Kier alpha value is -4.59. The number of thiazole rings is 1. The molecule has 0 spiro atoms. The quantitative estimate of drug-likeness (QED) is 0.185. The largest absolute Gasteiger partial charge is 0.497 e. The summed E-state index contributed by atoms with van der Waals surface area (Å²) in [5.41, 5.74) is 6.47. The summed E-state index contributed by atoms with van der Waals surface area (Å²) < 4.78 is 10.8. The highest BCUT2D eigenvalue weighted by Crippen LogP contribution is 2.45. The predicted molar refractivity (Wildman–Crippen MR) is 173 cm³/mol. The van der Waals surface area contributed by atoms with Crippen LogP contribution in [0.1, 0.15) is 38.9 Å². The van der Waals surface area contributed by atoms with Crippen molar-refractivity contribution in [3.8, 4) is 21.9 Å². The van der Waals surface area contributed by atoms with Crippen molar-refractivity contribution < 1.29 is 14.3 Å². The fourth-order valence-electron chi connectivity index (χ4n) is 5.85. The molecule has 0 fully saturated rings. The fourth-order valence-corrected chi connectivity index (χ4v) is 7.14. The van der Waals surface area contributed by atoms with E-state index in [-0.39, 0.29) is 11.8 Å².